The summed E-state index contributed by atoms with van der Waals surface area (Å²) in [5, 5.41) is 0. The normalized spacial score (nSPS) is 18.4. The molecule has 0 amide bonds. The summed E-state index contributed by atoms with van der Waals surface area (Å²) in [7, 11) is -7.09. The highest BCUT2D eigenvalue weighted by molar-refractivity contribution is 7.89. The van der Waals surface area contributed by atoms with E-state index in [9.17, 15) is 21.2 Å². The minimum Gasteiger partial charge on any atom is -0.212 e. The van der Waals surface area contributed by atoms with E-state index in [1.807, 2.05) is 6.92 Å². The molecule has 0 aromatic heterocycles. The lowest BCUT2D eigenvalue weighted by Crippen LogP contribution is -2.38. The highest BCUT2D eigenvalue weighted by Gasteiger charge is 2.30. The molecule has 1 aliphatic rings. The van der Waals surface area contributed by atoms with Gasteiger partial charge in [0.15, 0.2) is 0 Å². The molecule has 0 radical (unpaired) electrons. The Labute approximate surface area is 143 Å². The van der Waals surface area contributed by atoms with Crippen LogP contribution in [0.4, 0.5) is 4.39 Å². The number of sulfonamides is 2. The molecule has 0 spiro atoms. The van der Waals surface area contributed by atoms with Gasteiger partial charge in [-0.3, -0.25) is 0 Å². The Morgan fingerprint density at radius 1 is 0.958 bits per heavy atom. The van der Waals surface area contributed by atoms with Crippen LogP contribution in [0.3, 0.4) is 0 Å². The van der Waals surface area contributed by atoms with Crippen molar-refractivity contribution in [2.45, 2.75) is 31.1 Å². The lowest BCUT2D eigenvalue weighted by atomic mass is 10.4. The molecule has 1 aromatic rings. The molecule has 6 nitrogen and oxygen atoms in total. The van der Waals surface area contributed by atoms with E-state index >= 15 is 0 Å². The monoisotopic (exact) mass is 378 g/mol. The zero-order valence-electron chi connectivity index (χ0n) is 13.7. The van der Waals surface area contributed by atoms with Crippen LogP contribution in [0, 0.1) is 5.82 Å². The van der Waals surface area contributed by atoms with Crippen LogP contribution in [-0.4, -0.2) is 57.4 Å². The van der Waals surface area contributed by atoms with E-state index in [0.29, 0.717) is 19.4 Å². The highest BCUT2D eigenvalue weighted by atomic mass is 32.2. The van der Waals surface area contributed by atoms with Gasteiger partial charge in [0, 0.05) is 26.2 Å². The number of rotatable bonds is 6. The third kappa shape index (κ3) is 4.53. The van der Waals surface area contributed by atoms with Crippen LogP contribution in [0.25, 0.3) is 0 Å². The van der Waals surface area contributed by atoms with Crippen molar-refractivity contribution < 1.29 is 21.2 Å². The van der Waals surface area contributed by atoms with Gasteiger partial charge in [-0.05, 0) is 37.1 Å². The highest BCUT2D eigenvalue weighted by Crippen LogP contribution is 2.19. The van der Waals surface area contributed by atoms with E-state index in [1.165, 1.54) is 20.7 Å². The molecule has 1 saturated heterocycles. The van der Waals surface area contributed by atoms with E-state index in [0.717, 1.165) is 18.6 Å². The topological polar surface area (TPSA) is 74.8 Å². The zero-order chi connectivity index (χ0) is 17.8. The number of halogens is 1. The molecule has 1 fully saturated rings. The molecule has 0 bridgehead atoms. The second-order valence-corrected chi connectivity index (χ2v) is 9.81. The molecule has 136 valence electrons. The maximum absolute atomic E-state index is 13.0. The number of nitrogens with zero attached hydrogens (tertiary/aromatic N) is 2. The minimum atomic E-state index is -3.74. The van der Waals surface area contributed by atoms with Gasteiger partial charge >= 0.3 is 0 Å². The number of benzene rings is 1. The fraction of sp³-hybridized carbons (Fsp3) is 0.600. The van der Waals surface area contributed by atoms with Crippen LogP contribution in [-0.2, 0) is 20.0 Å². The van der Waals surface area contributed by atoms with Crippen LogP contribution >= 0.6 is 0 Å². The van der Waals surface area contributed by atoms with E-state index in [1.54, 1.807) is 0 Å². The Morgan fingerprint density at radius 2 is 1.54 bits per heavy atom. The van der Waals surface area contributed by atoms with Gasteiger partial charge in [0.1, 0.15) is 5.82 Å². The smallest absolute Gasteiger partial charge is 0.212 e. The van der Waals surface area contributed by atoms with Crippen molar-refractivity contribution in [2.75, 3.05) is 31.9 Å². The maximum Gasteiger partial charge on any atom is 0.243 e. The van der Waals surface area contributed by atoms with Crippen molar-refractivity contribution in [1.29, 1.82) is 0 Å². The lowest BCUT2D eigenvalue weighted by molar-refractivity contribution is 0.404. The second-order valence-electron chi connectivity index (χ2n) is 5.78. The molecule has 0 aliphatic carbocycles. The zero-order valence-corrected chi connectivity index (χ0v) is 15.3. The van der Waals surface area contributed by atoms with Crippen LogP contribution in [0.15, 0.2) is 29.2 Å². The van der Waals surface area contributed by atoms with Gasteiger partial charge in [-0.25, -0.2) is 25.5 Å². The molecule has 0 unspecified atom stereocenters. The fourth-order valence-corrected chi connectivity index (χ4v) is 5.75. The van der Waals surface area contributed by atoms with E-state index < -0.39 is 25.9 Å². The summed E-state index contributed by atoms with van der Waals surface area (Å²) in [6.45, 7) is 2.74. The van der Waals surface area contributed by atoms with Crippen molar-refractivity contribution in [3.8, 4) is 0 Å². The van der Waals surface area contributed by atoms with E-state index in [2.05, 4.69) is 0 Å². The predicted octanol–water partition coefficient (Wildman–Crippen LogP) is 1.65. The van der Waals surface area contributed by atoms with Crippen molar-refractivity contribution in [2.24, 2.45) is 0 Å². The molecule has 1 aliphatic heterocycles. The Hall–Kier alpha value is -1.03. The molecule has 2 rings (SSSR count). The standard InChI is InChI=1S/C15H23FN2O4S2/c1-2-3-13-23(19,20)17-9-4-10-18(12-11-17)24(21,22)15-7-5-14(16)6-8-15/h5-8H,2-4,9-13H2,1H3. The average Bonchev–Trinajstić information content (AvgIpc) is 2.80. The Bertz CT molecular complexity index is 748. The SMILES string of the molecule is CCCCS(=O)(=O)N1CCCN(S(=O)(=O)c2ccc(F)cc2)CC1. The van der Waals surface area contributed by atoms with Gasteiger partial charge in [0.2, 0.25) is 20.0 Å². The minimum absolute atomic E-state index is 0.0196. The summed E-state index contributed by atoms with van der Waals surface area (Å²) >= 11 is 0. The maximum atomic E-state index is 13.0. The van der Waals surface area contributed by atoms with Crippen molar-refractivity contribution in [1.82, 2.24) is 8.61 Å². The lowest BCUT2D eigenvalue weighted by Gasteiger charge is -2.21. The molecule has 9 heteroatoms. The number of unbranched alkanes of at least 4 members (excludes halogenated alkanes) is 1. The molecule has 1 heterocycles. The third-order valence-electron chi connectivity index (χ3n) is 4.01. The Kier molecular flexibility index (Phi) is 6.35. The summed E-state index contributed by atoms with van der Waals surface area (Å²) in [6, 6.07) is 4.66. The molecular weight excluding hydrogens is 355 g/mol. The summed E-state index contributed by atoms with van der Waals surface area (Å²) in [5.41, 5.74) is 0. The van der Waals surface area contributed by atoms with Crippen LogP contribution in [0.2, 0.25) is 0 Å². The first-order chi connectivity index (χ1) is 11.3. The molecule has 1 aromatic carbocycles. The van der Waals surface area contributed by atoms with Crippen molar-refractivity contribution >= 4 is 20.0 Å². The average molecular weight is 378 g/mol. The second kappa shape index (κ2) is 7.90. The summed E-state index contributed by atoms with van der Waals surface area (Å²) in [4.78, 5) is 0.0196. The molecule has 24 heavy (non-hydrogen) atoms. The Balaban J connectivity index is 2.11. The van der Waals surface area contributed by atoms with Crippen LogP contribution < -0.4 is 0 Å². The van der Waals surface area contributed by atoms with Gasteiger partial charge in [-0.15, -0.1) is 0 Å². The predicted molar refractivity (Wildman–Crippen MR) is 90.0 cm³/mol. The van der Waals surface area contributed by atoms with Crippen molar-refractivity contribution in [3.63, 3.8) is 0 Å². The first-order valence-corrected chi connectivity index (χ1v) is 11.1. The van der Waals surface area contributed by atoms with Gasteiger partial charge < -0.3 is 0 Å². The first kappa shape index (κ1) is 19.3. The summed E-state index contributed by atoms with van der Waals surface area (Å²) in [6.07, 6.45) is 1.82. The largest absolute Gasteiger partial charge is 0.243 e. The van der Waals surface area contributed by atoms with Gasteiger partial charge in [-0.1, -0.05) is 13.3 Å². The number of hydrogen-bond donors (Lipinski definition) is 0. The molecule has 0 N–H and O–H groups in total. The Morgan fingerprint density at radius 3 is 2.17 bits per heavy atom. The third-order valence-corrected chi connectivity index (χ3v) is 7.88. The van der Waals surface area contributed by atoms with Crippen LogP contribution in [0.1, 0.15) is 26.2 Å². The van der Waals surface area contributed by atoms with E-state index in [4.69, 9.17) is 0 Å². The summed E-state index contributed by atoms with van der Waals surface area (Å²) in [5.74, 6) is -0.410. The quantitative estimate of drug-likeness (QED) is 0.754. The van der Waals surface area contributed by atoms with E-state index in [-0.39, 0.29) is 30.3 Å². The number of hydrogen-bond acceptors (Lipinski definition) is 4. The summed E-state index contributed by atoms with van der Waals surface area (Å²) < 4.78 is 65.4. The van der Waals surface area contributed by atoms with Gasteiger partial charge in [0.25, 0.3) is 0 Å². The molecular formula is C15H23FN2O4S2. The van der Waals surface area contributed by atoms with Crippen molar-refractivity contribution in [3.05, 3.63) is 30.1 Å². The first-order valence-electron chi connectivity index (χ1n) is 8.01. The van der Waals surface area contributed by atoms with Gasteiger partial charge in [-0.2, -0.15) is 4.31 Å². The van der Waals surface area contributed by atoms with Gasteiger partial charge in [0.05, 0.1) is 10.6 Å². The molecule has 0 atom stereocenters. The van der Waals surface area contributed by atoms with Crippen LogP contribution in [0.5, 0.6) is 0 Å². The fourth-order valence-electron chi connectivity index (χ4n) is 2.60. The molecule has 0 saturated carbocycles.